The average molecular weight is 425 g/mol. The standard InChI is InChI=1S/C23H24N2O4S/c1-16(2)25-30(27,28)22-15-19(11-14-21(22)29-3)23(26)24-20-12-9-18(10-13-20)17-7-5-4-6-8-17/h4-16,25H,1-3H3,(H,24,26). The van der Waals surface area contributed by atoms with E-state index >= 15 is 0 Å². The van der Waals surface area contributed by atoms with Gasteiger partial charge in [-0.3, -0.25) is 4.79 Å². The van der Waals surface area contributed by atoms with Gasteiger partial charge in [0.05, 0.1) is 7.11 Å². The van der Waals surface area contributed by atoms with Crippen LogP contribution in [0.2, 0.25) is 0 Å². The fourth-order valence-electron chi connectivity index (χ4n) is 2.98. The van der Waals surface area contributed by atoms with Crippen LogP contribution in [0.1, 0.15) is 24.2 Å². The number of hydrogen-bond acceptors (Lipinski definition) is 4. The summed E-state index contributed by atoms with van der Waals surface area (Å²) < 4.78 is 32.9. The molecule has 3 aromatic rings. The Kier molecular flexibility index (Phi) is 6.54. The number of amides is 1. The molecule has 2 N–H and O–H groups in total. The summed E-state index contributed by atoms with van der Waals surface area (Å²) in [6, 6.07) is 21.4. The molecule has 0 radical (unpaired) electrons. The highest BCUT2D eigenvalue weighted by Crippen LogP contribution is 2.26. The van der Waals surface area contributed by atoms with E-state index in [9.17, 15) is 13.2 Å². The third-order valence-electron chi connectivity index (χ3n) is 4.36. The summed E-state index contributed by atoms with van der Waals surface area (Å²) in [6.07, 6.45) is 0. The van der Waals surface area contributed by atoms with Crippen molar-refractivity contribution in [3.63, 3.8) is 0 Å². The molecule has 3 aromatic carbocycles. The van der Waals surface area contributed by atoms with Crippen molar-refractivity contribution in [2.24, 2.45) is 0 Å². The Morgan fingerprint density at radius 2 is 1.53 bits per heavy atom. The SMILES string of the molecule is COc1ccc(C(=O)Nc2ccc(-c3ccccc3)cc2)cc1S(=O)(=O)NC(C)C. The lowest BCUT2D eigenvalue weighted by Gasteiger charge is -2.14. The molecule has 0 saturated heterocycles. The van der Waals surface area contributed by atoms with Gasteiger partial charge in [0, 0.05) is 17.3 Å². The summed E-state index contributed by atoms with van der Waals surface area (Å²) in [5.41, 5.74) is 2.94. The molecule has 0 aliphatic carbocycles. The van der Waals surface area contributed by atoms with Gasteiger partial charge in [0.15, 0.2) is 0 Å². The van der Waals surface area contributed by atoms with E-state index < -0.39 is 15.9 Å². The molecule has 0 aliphatic rings. The van der Waals surface area contributed by atoms with Crippen molar-refractivity contribution < 1.29 is 17.9 Å². The number of carbonyl (C=O) groups excluding carboxylic acids is 1. The van der Waals surface area contributed by atoms with E-state index in [0.29, 0.717) is 5.69 Å². The summed E-state index contributed by atoms with van der Waals surface area (Å²) >= 11 is 0. The Labute approximate surface area is 177 Å². The van der Waals surface area contributed by atoms with Crippen LogP contribution in [-0.4, -0.2) is 27.5 Å². The molecule has 30 heavy (non-hydrogen) atoms. The molecule has 1 amide bonds. The maximum atomic E-state index is 12.7. The van der Waals surface area contributed by atoms with E-state index in [0.717, 1.165) is 11.1 Å². The number of carbonyl (C=O) groups is 1. The number of nitrogens with one attached hydrogen (secondary N) is 2. The summed E-state index contributed by atoms with van der Waals surface area (Å²) in [6.45, 7) is 3.44. The minimum absolute atomic E-state index is 0.0780. The van der Waals surface area contributed by atoms with Gasteiger partial charge >= 0.3 is 0 Å². The largest absolute Gasteiger partial charge is 0.495 e. The minimum Gasteiger partial charge on any atom is -0.495 e. The molecule has 6 nitrogen and oxygen atoms in total. The molecule has 7 heteroatoms. The van der Waals surface area contributed by atoms with Crippen LogP contribution in [0.3, 0.4) is 0 Å². The van der Waals surface area contributed by atoms with E-state index in [1.54, 1.807) is 13.8 Å². The first-order chi connectivity index (χ1) is 14.3. The molecular weight excluding hydrogens is 400 g/mol. The monoisotopic (exact) mass is 424 g/mol. The zero-order chi connectivity index (χ0) is 21.7. The maximum absolute atomic E-state index is 12.7. The number of hydrogen-bond donors (Lipinski definition) is 2. The number of methoxy groups -OCH3 is 1. The molecule has 0 bridgehead atoms. The second-order valence-electron chi connectivity index (χ2n) is 7.04. The van der Waals surface area contributed by atoms with Gasteiger partial charge in [0.25, 0.3) is 5.91 Å². The Hall–Kier alpha value is -3.16. The molecular formula is C23H24N2O4S. The van der Waals surface area contributed by atoms with E-state index in [1.807, 2.05) is 54.6 Å². The van der Waals surface area contributed by atoms with Crippen LogP contribution >= 0.6 is 0 Å². The predicted octanol–water partition coefficient (Wildman–Crippen LogP) is 4.30. The smallest absolute Gasteiger partial charge is 0.255 e. The van der Waals surface area contributed by atoms with E-state index in [4.69, 9.17) is 4.74 Å². The van der Waals surface area contributed by atoms with E-state index in [-0.39, 0.29) is 22.3 Å². The van der Waals surface area contributed by atoms with Crippen LogP contribution in [0.15, 0.2) is 77.7 Å². The second kappa shape index (κ2) is 9.11. The average Bonchev–Trinajstić information content (AvgIpc) is 2.73. The summed E-state index contributed by atoms with van der Waals surface area (Å²) in [4.78, 5) is 12.6. The topological polar surface area (TPSA) is 84.5 Å². The van der Waals surface area contributed by atoms with Gasteiger partial charge in [-0.25, -0.2) is 13.1 Å². The van der Waals surface area contributed by atoms with E-state index in [2.05, 4.69) is 10.0 Å². The number of rotatable bonds is 7. The van der Waals surface area contributed by atoms with Crippen LogP contribution in [0, 0.1) is 0 Å². The quantitative estimate of drug-likeness (QED) is 0.592. The van der Waals surface area contributed by atoms with Crippen LogP contribution < -0.4 is 14.8 Å². The van der Waals surface area contributed by atoms with Gasteiger partial charge in [0.1, 0.15) is 10.6 Å². The normalized spacial score (nSPS) is 11.3. The van der Waals surface area contributed by atoms with Crippen LogP contribution in [0.5, 0.6) is 5.75 Å². The zero-order valence-electron chi connectivity index (χ0n) is 17.0. The summed E-state index contributed by atoms with van der Waals surface area (Å²) in [5.74, 6) is -0.238. The number of anilines is 1. The van der Waals surface area contributed by atoms with Crippen LogP contribution in [0.4, 0.5) is 5.69 Å². The number of benzene rings is 3. The zero-order valence-corrected chi connectivity index (χ0v) is 17.9. The van der Waals surface area contributed by atoms with Crippen molar-refractivity contribution in [3.8, 4) is 16.9 Å². The molecule has 0 heterocycles. The Morgan fingerprint density at radius 1 is 0.900 bits per heavy atom. The molecule has 0 unspecified atom stereocenters. The third kappa shape index (κ3) is 5.06. The van der Waals surface area contributed by atoms with Crippen LogP contribution in [-0.2, 0) is 10.0 Å². The molecule has 0 aromatic heterocycles. The van der Waals surface area contributed by atoms with Crippen molar-refractivity contribution in [2.45, 2.75) is 24.8 Å². The third-order valence-corrected chi connectivity index (χ3v) is 6.04. The van der Waals surface area contributed by atoms with E-state index in [1.165, 1.54) is 25.3 Å². The minimum atomic E-state index is -3.82. The van der Waals surface area contributed by atoms with Crippen molar-refractivity contribution in [2.75, 3.05) is 12.4 Å². The lowest BCUT2D eigenvalue weighted by molar-refractivity contribution is 0.102. The molecule has 0 aliphatic heterocycles. The maximum Gasteiger partial charge on any atom is 0.255 e. The first kappa shape index (κ1) is 21.5. The van der Waals surface area contributed by atoms with Gasteiger partial charge < -0.3 is 10.1 Å². The Bertz CT molecular complexity index is 1130. The van der Waals surface area contributed by atoms with Gasteiger partial charge in [0.2, 0.25) is 10.0 Å². The summed E-state index contributed by atoms with van der Waals surface area (Å²) in [7, 11) is -2.44. The molecule has 0 fully saturated rings. The highest BCUT2D eigenvalue weighted by Gasteiger charge is 2.22. The fourth-order valence-corrected chi connectivity index (χ4v) is 4.43. The predicted molar refractivity (Wildman–Crippen MR) is 118 cm³/mol. The van der Waals surface area contributed by atoms with Gasteiger partial charge in [-0.15, -0.1) is 0 Å². The molecule has 156 valence electrons. The van der Waals surface area contributed by atoms with Gasteiger partial charge in [-0.05, 0) is 55.3 Å². The molecule has 0 saturated carbocycles. The molecule has 3 rings (SSSR count). The second-order valence-corrected chi connectivity index (χ2v) is 8.72. The highest BCUT2D eigenvalue weighted by atomic mass is 32.2. The fraction of sp³-hybridized carbons (Fsp3) is 0.174. The van der Waals surface area contributed by atoms with Gasteiger partial charge in [-0.1, -0.05) is 42.5 Å². The lowest BCUT2D eigenvalue weighted by atomic mass is 10.1. The highest BCUT2D eigenvalue weighted by molar-refractivity contribution is 7.89. The Balaban J connectivity index is 1.82. The first-order valence-electron chi connectivity index (χ1n) is 9.47. The van der Waals surface area contributed by atoms with Crippen LogP contribution in [0.25, 0.3) is 11.1 Å². The number of sulfonamides is 1. The Morgan fingerprint density at radius 3 is 2.13 bits per heavy atom. The lowest BCUT2D eigenvalue weighted by Crippen LogP contribution is -2.30. The van der Waals surface area contributed by atoms with Crippen molar-refractivity contribution in [1.29, 1.82) is 0 Å². The molecule has 0 atom stereocenters. The molecule has 0 spiro atoms. The van der Waals surface area contributed by atoms with Gasteiger partial charge in [-0.2, -0.15) is 0 Å². The van der Waals surface area contributed by atoms with Crippen molar-refractivity contribution in [3.05, 3.63) is 78.4 Å². The summed E-state index contributed by atoms with van der Waals surface area (Å²) in [5, 5.41) is 2.80. The first-order valence-corrected chi connectivity index (χ1v) is 11.0. The van der Waals surface area contributed by atoms with Crippen molar-refractivity contribution in [1.82, 2.24) is 4.72 Å². The number of ether oxygens (including phenoxy) is 1. The van der Waals surface area contributed by atoms with Crippen molar-refractivity contribution >= 4 is 21.6 Å².